The summed E-state index contributed by atoms with van der Waals surface area (Å²) in [7, 11) is 0. The summed E-state index contributed by atoms with van der Waals surface area (Å²) in [6.45, 7) is 2.09. The summed E-state index contributed by atoms with van der Waals surface area (Å²) in [6, 6.07) is 10.1. The maximum Gasteiger partial charge on any atom is 0.223 e. The van der Waals surface area contributed by atoms with Gasteiger partial charge < -0.3 is 10.2 Å². The molecule has 31 heavy (non-hydrogen) atoms. The summed E-state index contributed by atoms with van der Waals surface area (Å²) < 4.78 is 0. The first-order valence-electron chi connectivity index (χ1n) is 11.8. The van der Waals surface area contributed by atoms with Gasteiger partial charge in [0, 0.05) is 43.3 Å². The number of rotatable bonds is 8. The number of amides is 2. The zero-order valence-electron chi connectivity index (χ0n) is 18.3. The first-order chi connectivity index (χ1) is 15.2. The maximum atomic E-state index is 12.5. The van der Waals surface area contributed by atoms with E-state index in [-0.39, 0.29) is 17.7 Å². The molecule has 0 unspecified atom stereocenters. The van der Waals surface area contributed by atoms with Crippen LogP contribution in [0.15, 0.2) is 30.3 Å². The van der Waals surface area contributed by atoms with Crippen molar-refractivity contribution < 1.29 is 9.59 Å². The van der Waals surface area contributed by atoms with Gasteiger partial charge in [0.1, 0.15) is 0 Å². The highest BCUT2D eigenvalue weighted by Gasteiger charge is 2.27. The van der Waals surface area contributed by atoms with E-state index in [0.717, 1.165) is 38.5 Å². The van der Waals surface area contributed by atoms with E-state index in [1.165, 1.54) is 40.4 Å². The van der Waals surface area contributed by atoms with E-state index in [2.05, 4.69) is 17.4 Å². The van der Waals surface area contributed by atoms with Crippen molar-refractivity contribution in [2.45, 2.75) is 64.2 Å². The lowest BCUT2D eigenvalue weighted by molar-refractivity contribution is -0.135. The van der Waals surface area contributed by atoms with Gasteiger partial charge in [0.05, 0.1) is 10.7 Å². The highest BCUT2D eigenvalue weighted by Crippen LogP contribution is 2.27. The second-order valence-electron chi connectivity index (χ2n) is 8.72. The van der Waals surface area contributed by atoms with Crippen molar-refractivity contribution >= 4 is 23.2 Å². The smallest absolute Gasteiger partial charge is 0.223 e. The number of thiazole rings is 1. The monoisotopic (exact) mass is 439 g/mol. The van der Waals surface area contributed by atoms with E-state index in [0.29, 0.717) is 26.1 Å². The van der Waals surface area contributed by atoms with Crippen LogP contribution in [-0.4, -0.2) is 41.3 Å². The summed E-state index contributed by atoms with van der Waals surface area (Å²) in [5.74, 6) is 0.383. The molecule has 2 aromatic rings. The number of carbonyl (C=O) groups is 2. The molecule has 5 nitrogen and oxygen atoms in total. The van der Waals surface area contributed by atoms with Gasteiger partial charge in [-0.05, 0) is 56.9 Å². The molecule has 1 aliphatic heterocycles. The Kier molecular flexibility index (Phi) is 7.73. The fourth-order valence-electron chi connectivity index (χ4n) is 4.55. The molecule has 2 amide bonds. The summed E-state index contributed by atoms with van der Waals surface area (Å²) >= 11 is 1.87. The van der Waals surface area contributed by atoms with Crippen LogP contribution < -0.4 is 5.32 Å². The predicted molar refractivity (Wildman–Crippen MR) is 124 cm³/mol. The van der Waals surface area contributed by atoms with Crippen molar-refractivity contribution in [3.05, 3.63) is 51.5 Å². The molecule has 2 heterocycles. The Hall–Kier alpha value is -2.21. The van der Waals surface area contributed by atoms with Gasteiger partial charge in [-0.3, -0.25) is 9.59 Å². The third kappa shape index (κ3) is 6.16. The summed E-state index contributed by atoms with van der Waals surface area (Å²) in [4.78, 5) is 33.2. The third-order valence-electron chi connectivity index (χ3n) is 6.45. The number of aromatic nitrogens is 1. The largest absolute Gasteiger partial charge is 0.356 e. The van der Waals surface area contributed by atoms with Crippen LogP contribution in [0.4, 0.5) is 0 Å². The minimum Gasteiger partial charge on any atom is -0.356 e. The van der Waals surface area contributed by atoms with Crippen LogP contribution in [0, 0.1) is 5.92 Å². The molecular formula is C25H33N3O2S. The van der Waals surface area contributed by atoms with E-state index in [9.17, 15) is 9.59 Å². The number of carbonyl (C=O) groups excluding carboxylic acids is 2. The molecule has 1 saturated heterocycles. The van der Waals surface area contributed by atoms with Gasteiger partial charge in [-0.1, -0.05) is 30.3 Å². The van der Waals surface area contributed by atoms with Crippen molar-refractivity contribution in [3.63, 3.8) is 0 Å². The molecule has 166 valence electrons. The van der Waals surface area contributed by atoms with Crippen LogP contribution in [0.3, 0.4) is 0 Å². The molecule has 1 fully saturated rings. The van der Waals surface area contributed by atoms with E-state index >= 15 is 0 Å². The van der Waals surface area contributed by atoms with Crippen molar-refractivity contribution in [1.29, 1.82) is 0 Å². The predicted octanol–water partition coefficient (Wildman–Crippen LogP) is 3.94. The fraction of sp³-hybridized carbons (Fsp3) is 0.560. The van der Waals surface area contributed by atoms with Crippen LogP contribution in [0.1, 0.15) is 59.7 Å². The Balaban J connectivity index is 1.11. The lowest BCUT2D eigenvalue weighted by Crippen LogP contribution is -2.43. The Morgan fingerprint density at radius 1 is 1.06 bits per heavy atom. The number of piperidine rings is 1. The van der Waals surface area contributed by atoms with E-state index in [1.54, 1.807) is 0 Å². The van der Waals surface area contributed by atoms with Crippen LogP contribution in [-0.2, 0) is 35.3 Å². The zero-order chi connectivity index (χ0) is 21.5. The van der Waals surface area contributed by atoms with Gasteiger partial charge in [0.2, 0.25) is 11.8 Å². The quantitative estimate of drug-likeness (QED) is 0.634. The Labute approximate surface area is 189 Å². The van der Waals surface area contributed by atoms with Gasteiger partial charge >= 0.3 is 0 Å². The number of benzene rings is 1. The first-order valence-corrected chi connectivity index (χ1v) is 12.6. The molecule has 1 N–H and O–H groups in total. The molecule has 2 aliphatic rings. The standard InChI is InChI=1S/C25H33N3O2S/c29-24(13-12-19-7-2-1-3-8-19)28-17-14-20(15-18-28)25(30)26-16-6-11-23-27-21-9-4-5-10-22(21)31-23/h1-3,7-8,20H,4-6,9-18H2,(H,26,30). The fourth-order valence-corrected chi connectivity index (χ4v) is 5.75. The molecular weight excluding hydrogens is 406 g/mol. The molecule has 1 aromatic carbocycles. The minimum absolute atomic E-state index is 0.0327. The molecule has 0 radical (unpaired) electrons. The number of fused-ring (bicyclic) bond motifs is 1. The first kappa shape index (κ1) is 22.0. The molecule has 0 atom stereocenters. The molecule has 6 heteroatoms. The second kappa shape index (κ2) is 10.9. The van der Waals surface area contributed by atoms with Crippen LogP contribution >= 0.6 is 11.3 Å². The highest BCUT2D eigenvalue weighted by atomic mass is 32.1. The second-order valence-corrected chi connectivity index (χ2v) is 9.89. The van der Waals surface area contributed by atoms with E-state index in [1.807, 2.05) is 34.4 Å². The van der Waals surface area contributed by atoms with Crippen LogP contribution in [0.5, 0.6) is 0 Å². The number of nitrogens with zero attached hydrogens (tertiary/aromatic N) is 2. The minimum atomic E-state index is 0.0327. The average molecular weight is 440 g/mol. The summed E-state index contributed by atoms with van der Waals surface area (Å²) in [5.41, 5.74) is 2.52. The molecule has 0 spiro atoms. The lowest BCUT2D eigenvalue weighted by Gasteiger charge is -2.31. The molecule has 0 bridgehead atoms. The average Bonchev–Trinajstić information content (AvgIpc) is 3.24. The zero-order valence-corrected chi connectivity index (χ0v) is 19.1. The van der Waals surface area contributed by atoms with Gasteiger partial charge in [0.25, 0.3) is 0 Å². The van der Waals surface area contributed by atoms with Crippen molar-refractivity contribution in [2.75, 3.05) is 19.6 Å². The Morgan fingerprint density at radius 2 is 1.84 bits per heavy atom. The Morgan fingerprint density at radius 3 is 2.61 bits per heavy atom. The van der Waals surface area contributed by atoms with Crippen molar-refractivity contribution in [2.24, 2.45) is 5.92 Å². The number of aryl methyl sites for hydroxylation is 4. The van der Waals surface area contributed by atoms with Gasteiger partial charge in [-0.25, -0.2) is 4.98 Å². The topological polar surface area (TPSA) is 62.3 Å². The molecule has 0 saturated carbocycles. The van der Waals surface area contributed by atoms with E-state index in [4.69, 9.17) is 4.98 Å². The summed E-state index contributed by atoms with van der Waals surface area (Å²) in [5, 5.41) is 4.33. The van der Waals surface area contributed by atoms with Crippen LogP contribution in [0.25, 0.3) is 0 Å². The van der Waals surface area contributed by atoms with Crippen LogP contribution in [0.2, 0.25) is 0 Å². The van der Waals surface area contributed by atoms with Gasteiger partial charge in [-0.2, -0.15) is 0 Å². The highest BCUT2D eigenvalue weighted by molar-refractivity contribution is 7.11. The van der Waals surface area contributed by atoms with Crippen molar-refractivity contribution in [1.82, 2.24) is 15.2 Å². The number of nitrogens with one attached hydrogen (secondary N) is 1. The number of hydrogen-bond acceptors (Lipinski definition) is 4. The normalized spacial score (nSPS) is 16.7. The maximum absolute atomic E-state index is 12.5. The van der Waals surface area contributed by atoms with Gasteiger partial charge in [-0.15, -0.1) is 11.3 Å². The SMILES string of the molecule is O=C(NCCCc1nc2c(s1)CCCC2)C1CCN(C(=O)CCc2ccccc2)CC1. The molecule has 4 rings (SSSR count). The number of likely N-dealkylation sites (tertiary alicyclic amines) is 1. The summed E-state index contributed by atoms with van der Waals surface area (Å²) in [6.07, 6.45) is 9.63. The number of hydrogen-bond donors (Lipinski definition) is 1. The van der Waals surface area contributed by atoms with Gasteiger partial charge in [0.15, 0.2) is 0 Å². The molecule has 1 aromatic heterocycles. The van der Waals surface area contributed by atoms with E-state index < -0.39 is 0 Å². The third-order valence-corrected chi connectivity index (χ3v) is 7.66. The molecule has 1 aliphatic carbocycles. The van der Waals surface area contributed by atoms with Crippen molar-refractivity contribution in [3.8, 4) is 0 Å². The lowest BCUT2D eigenvalue weighted by atomic mass is 9.95. The Bertz CT molecular complexity index is 849.